The van der Waals surface area contributed by atoms with E-state index in [1.54, 1.807) is 34.3 Å². The molecule has 0 bridgehead atoms. The van der Waals surface area contributed by atoms with E-state index in [1.807, 2.05) is 28.8 Å². The van der Waals surface area contributed by atoms with Crippen molar-refractivity contribution in [1.29, 1.82) is 0 Å². The number of nitrogens with zero attached hydrogens (tertiary/aromatic N) is 4. The maximum absolute atomic E-state index is 12.9. The molecule has 0 saturated carbocycles. The van der Waals surface area contributed by atoms with Crippen molar-refractivity contribution in [1.82, 2.24) is 18.8 Å². The first-order chi connectivity index (χ1) is 13.1. The van der Waals surface area contributed by atoms with Crippen molar-refractivity contribution in [3.8, 4) is 11.6 Å². The minimum absolute atomic E-state index is 0.0558. The molecule has 1 aliphatic rings. The Kier molecular flexibility index (Phi) is 3.88. The van der Waals surface area contributed by atoms with E-state index in [0.717, 1.165) is 11.2 Å². The summed E-state index contributed by atoms with van der Waals surface area (Å²) in [5.41, 5.74) is 1.51. The average Bonchev–Trinajstić information content (AvgIpc) is 3.48. The van der Waals surface area contributed by atoms with Crippen molar-refractivity contribution in [2.24, 2.45) is 0 Å². The first-order valence-electron chi connectivity index (χ1n) is 8.55. The summed E-state index contributed by atoms with van der Waals surface area (Å²) in [7, 11) is -3.47. The minimum Gasteiger partial charge on any atom is -0.461 e. The molecule has 1 fully saturated rings. The molecule has 9 heteroatoms. The van der Waals surface area contributed by atoms with Crippen LogP contribution in [0, 0.1) is 0 Å². The Bertz CT molecular complexity index is 1180. The molecule has 0 amide bonds. The largest absolute Gasteiger partial charge is 0.461 e. The zero-order valence-electron chi connectivity index (χ0n) is 14.2. The summed E-state index contributed by atoms with van der Waals surface area (Å²) in [5, 5.41) is 1.78. The molecule has 7 nitrogen and oxygen atoms in total. The molecule has 1 aliphatic heterocycles. The van der Waals surface area contributed by atoms with Gasteiger partial charge in [0, 0.05) is 19.3 Å². The SMILES string of the molecule is O=S(=O)(c1cccs1)N1CC[C@H](n2c(-c3ccco3)nc3cccnc32)C1. The molecule has 0 unspecified atom stereocenters. The second-order valence-corrected chi connectivity index (χ2v) is 9.48. The first kappa shape index (κ1) is 16.7. The zero-order chi connectivity index (χ0) is 18.4. The third-order valence-electron chi connectivity index (χ3n) is 4.77. The van der Waals surface area contributed by atoms with E-state index in [-0.39, 0.29) is 6.04 Å². The van der Waals surface area contributed by atoms with Crippen molar-refractivity contribution in [3.63, 3.8) is 0 Å². The van der Waals surface area contributed by atoms with Gasteiger partial charge in [0.15, 0.2) is 17.2 Å². The van der Waals surface area contributed by atoms with E-state index in [4.69, 9.17) is 4.42 Å². The summed E-state index contributed by atoms with van der Waals surface area (Å²) in [6, 6.07) is 10.8. The van der Waals surface area contributed by atoms with Gasteiger partial charge >= 0.3 is 0 Å². The van der Waals surface area contributed by atoms with Crippen molar-refractivity contribution in [2.45, 2.75) is 16.7 Å². The molecule has 0 radical (unpaired) electrons. The monoisotopic (exact) mass is 400 g/mol. The van der Waals surface area contributed by atoms with Crippen LogP contribution in [-0.2, 0) is 10.0 Å². The summed E-state index contributed by atoms with van der Waals surface area (Å²) in [6.07, 6.45) is 4.02. The third kappa shape index (κ3) is 2.70. The number of fused-ring (bicyclic) bond motifs is 1. The van der Waals surface area contributed by atoms with Gasteiger partial charge in [-0.05, 0) is 42.1 Å². The van der Waals surface area contributed by atoms with Crippen molar-refractivity contribution >= 4 is 32.5 Å². The number of aromatic nitrogens is 3. The normalized spacial score (nSPS) is 18.4. The van der Waals surface area contributed by atoms with E-state index in [9.17, 15) is 8.42 Å². The summed E-state index contributed by atoms with van der Waals surface area (Å²) >= 11 is 1.24. The third-order valence-corrected chi connectivity index (χ3v) is 8.01. The smallest absolute Gasteiger partial charge is 0.252 e. The highest BCUT2D eigenvalue weighted by Gasteiger charge is 2.36. The molecule has 1 saturated heterocycles. The van der Waals surface area contributed by atoms with Gasteiger partial charge in [0.25, 0.3) is 10.0 Å². The minimum atomic E-state index is -3.47. The van der Waals surface area contributed by atoms with Crippen molar-refractivity contribution in [2.75, 3.05) is 13.1 Å². The molecule has 0 spiro atoms. The summed E-state index contributed by atoms with van der Waals surface area (Å²) in [4.78, 5) is 9.16. The second-order valence-electron chi connectivity index (χ2n) is 6.37. The van der Waals surface area contributed by atoms with Gasteiger partial charge in [0.1, 0.15) is 9.73 Å². The summed E-state index contributed by atoms with van der Waals surface area (Å²) in [5.74, 6) is 1.32. The van der Waals surface area contributed by atoms with Crippen LogP contribution >= 0.6 is 11.3 Å². The van der Waals surface area contributed by atoms with E-state index in [0.29, 0.717) is 35.3 Å². The lowest BCUT2D eigenvalue weighted by atomic mass is 10.2. The second kappa shape index (κ2) is 6.29. The fourth-order valence-electron chi connectivity index (χ4n) is 3.53. The van der Waals surface area contributed by atoms with Crippen LogP contribution in [0.3, 0.4) is 0 Å². The zero-order valence-corrected chi connectivity index (χ0v) is 15.9. The Balaban J connectivity index is 1.56. The average molecular weight is 400 g/mol. The van der Waals surface area contributed by atoms with Crippen LogP contribution in [0.2, 0.25) is 0 Å². The maximum atomic E-state index is 12.9. The lowest BCUT2D eigenvalue weighted by Crippen LogP contribution is -2.28. The van der Waals surface area contributed by atoms with Gasteiger partial charge in [0.2, 0.25) is 0 Å². The van der Waals surface area contributed by atoms with Crippen molar-refractivity contribution in [3.05, 3.63) is 54.2 Å². The lowest BCUT2D eigenvalue weighted by molar-refractivity contribution is 0.455. The summed E-state index contributed by atoms with van der Waals surface area (Å²) < 4.78 is 35.2. The van der Waals surface area contributed by atoms with E-state index >= 15 is 0 Å². The van der Waals surface area contributed by atoms with Crippen molar-refractivity contribution < 1.29 is 12.8 Å². The molecular formula is C18H16N4O3S2. The van der Waals surface area contributed by atoms with Gasteiger partial charge in [-0.15, -0.1) is 11.3 Å². The van der Waals surface area contributed by atoms with E-state index < -0.39 is 10.0 Å². The van der Waals surface area contributed by atoms with Crippen LogP contribution in [0.25, 0.3) is 22.7 Å². The van der Waals surface area contributed by atoms with Gasteiger partial charge in [-0.3, -0.25) is 0 Å². The molecule has 5 rings (SSSR count). The number of thiophene rings is 1. The standard InChI is InChI=1S/C18H16N4O3S2/c23-27(24,16-6-3-11-26-16)21-9-7-13(12-21)22-17-14(4-1-8-19-17)20-18(22)15-5-2-10-25-15/h1-6,8,10-11,13H,7,9,12H2/t13-/m0/s1. The predicted octanol–water partition coefficient (Wildman–Crippen LogP) is 3.39. The lowest BCUT2D eigenvalue weighted by Gasteiger charge is -2.17. The van der Waals surface area contributed by atoms with Gasteiger partial charge in [-0.25, -0.2) is 18.4 Å². The maximum Gasteiger partial charge on any atom is 0.252 e. The quantitative estimate of drug-likeness (QED) is 0.524. The molecule has 0 aliphatic carbocycles. The Morgan fingerprint density at radius 2 is 2.11 bits per heavy atom. The molecule has 27 heavy (non-hydrogen) atoms. The number of hydrogen-bond donors (Lipinski definition) is 0. The number of sulfonamides is 1. The van der Waals surface area contributed by atoms with E-state index in [2.05, 4.69) is 9.97 Å². The molecular weight excluding hydrogens is 384 g/mol. The molecule has 4 aromatic rings. The first-order valence-corrected chi connectivity index (χ1v) is 10.9. The summed E-state index contributed by atoms with van der Waals surface area (Å²) in [6.45, 7) is 0.852. The van der Waals surface area contributed by atoms with E-state index in [1.165, 1.54) is 11.3 Å². The number of rotatable bonds is 4. The van der Waals surface area contributed by atoms with Gasteiger partial charge in [0.05, 0.1) is 12.3 Å². The fraction of sp³-hybridized carbons (Fsp3) is 0.222. The Labute approximate surface area is 159 Å². The molecule has 5 heterocycles. The van der Waals surface area contributed by atoms with Crippen LogP contribution in [0.5, 0.6) is 0 Å². The Morgan fingerprint density at radius 1 is 1.19 bits per heavy atom. The van der Waals surface area contributed by atoms with Crippen LogP contribution in [0.15, 0.2) is 62.9 Å². The number of imidazole rings is 1. The van der Waals surface area contributed by atoms with Crippen LogP contribution < -0.4 is 0 Å². The molecule has 4 aromatic heterocycles. The van der Waals surface area contributed by atoms with Crippen LogP contribution in [0.1, 0.15) is 12.5 Å². The Hall–Kier alpha value is -2.49. The Morgan fingerprint density at radius 3 is 2.89 bits per heavy atom. The van der Waals surface area contributed by atoms with Crippen LogP contribution in [0.4, 0.5) is 0 Å². The highest BCUT2D eigenvalue weighted by atomic mass is 32.2. The number of furan rings is 1. The highest BCUT2D eigenvalue weighted by molar-refractivity contribution is 7.91. The molecule has 138 valence electrons. The van der Waals surface area contributed by atoms with Crippen LogP contribution in [-0.4, -0.2) is 40.3 Å². The molecule has 0 aromatic carbocycles. The number of hydrogen-bond acceptors (Lipinski definition) is 6. The van der Waals surface area contributed by atoms with Gasteiger partial charge in [-0.1, -0.05) is 6.07 Å². The highest BCUT2D eigenvalue weighted by Crippen LogP contribution is 2.34. The topological polar surface area (TPSA) is 81.2 Å². The fourth-order valence-corrected chi connectivity index (χ4v) is 6.17. The molecule has 1 atom stereocenters. The molecule has 0 N–H and O–H groups in total. The number of pyridine rings is 1. The van der Waals surface area contributed by atoms with Gasteiger partial charge in [-0.2, -0.15) is 4.31 Å². The predicted molar refractivity (Wildman–Crippen MR) is 102 cm³/mol. The van der Waals surface area contributed by atoms with Gasteiger partial charge < -0.3 is 8.98 Å².